The smallest absolute Gasteiger partial charge is 0.307 e. The zero-order valence-electron chi connectivity index (χ0n) is 9.55. The maximum atomic E-state index is 11.1. The summed E-state index contributed by atoms with van der Waals surface area (Å²) in [5.74, 6) is -0.175. The molecule has 82 valence electrons. The zero-order valence-corrected chi connectivity index (χ0v) is 9.55. The highest BCUT2D eigenvalue weighted by atomic mass is 16.4. The van der Waals surface area contributed by atoms with Crippen molar-refractivity contribution in [3.05, 3.63) is 0 Å². The molecule has 1 aliphatic carbocycles. The minimum absolute atomic E-state index is 0.0487. The van der Waals surface area contributed by atoms with Gasteiger partial charge in [-0.25, -0.2) is 0 Å². The molecule has 1 rings (SSSR count). The molecule has 0 heterocycles. The molecule has 0 spiro atoms. The van der Waals surface area contributed by atoms with E-state index in [2.05, 4.69) is 20.8 Å². The Balaban J connectivity index is 2.73. The molecular weight excluding hydrogens is 176 g/mol. The minimum Gasteiger partial charge on any atom is -0.481 e. The summed E-state index contributed by atoms with van der Waals surface area (Å²) < 4.78 is 0. The van der Waals surface area contributed by atoms with E-state index in [4.69, 9.17) is 5.11 Å². The van der Waals surface area contributed by atoms with Gasteiger partial charge >= 0.3 is 5.97 Å². The van der Waals surface area contributed by atoms with Crippen LogP contribution in [0.1, 0.15) is 52.9 Å². The molecule has 1 fully saturated rings. The molecule has 0 saturated heterocycles. The van der Waals surface area contributed by atoms with Gasteiger partial charge in [-0.1, -0.05) is 40.0 Å². The molecular formula is C12H22O2. The van der Waals surface area contributed by atoms with Crippen LogP contribution in [0.5, 0.6) is 0 Å². The van der Waals surface area contributed by atoms with Crippen LogP contribution in [0.2, 0.25) is 0 Å². The van der Waals surface area contributed by atoms with E-state index in [1.54, 1.807) is 0 Å². The molecule has 2 nitrogen and oxygen atoms in total. The van der Waals surface area contributed by atoms with Crippen LogP contribution in [-0.2, 0) is 4.79 Å². The first-order chi connectivity index (χ1) is 6.64. The van der Waals surface area contributed by atoms with Crippen LogP contribution in [0.3, 0.4) is 0 Å². The maximum Gasteiger partial charge on any atom is 0.307 e. The topological polar surface area (TPSA) is 37.3 Å². The second kappa shape index (κ2) is 4.33. The number of carboxylic acid groups (broad SMARTS) is 1. The predicted molar refractivity (Wildman–Crippen MR) is 57.2 cm³/mol. The van der Waals surface area contributed by atoms with Crippen molar-refractivity contribution in [2.24, 2.45) is 17.3 Å². The summed E-state index contributed by atoms with van der Waals surface area (Å²) in [6, 6.07) is 0. The van der Waals surface area contributed by atoms with Crippen molar-refractivity contribution in [3.8, 4) is 0 Å². The van der Waals surface area contributed by atoms with Gasteiger partial charge in [0, 0.05) is 0 Å². The van der Waals surface area contributed by atoms with Crippen LogP contribution < -0.4 is 0 Å². The monoisotopic (exact) mass is 198 g/mol. The first-order valence-corrected chi connectivity index (χ1v) is 5.86. The van der Waals surface area contributed by atoms with Crippen molar-refractivity contribution < 1.29 is 9.90 Å². The Morgan fingerprint density at radius 3 is 1.93 bits per heavy atom. The number of rotatable bonds is 6. The zero-order chi connectivity index (χ0) is 10.8. The Labute approximate surface area is 86.7 Å². The SMILES string of the molecule is CCCC1(CCC)C(CC)C1C(=O)O. The number of aliphatic carboxylic acids is 1. The van der Waals surface area contributed by atoms with E-state index in [0.29, 0.717) is 5.92 Å². The van der Waals surface area contributed by atoms with Crippen LogP contribution in [0.25, 0.3) is 0 Å². The molecule has 1 saturated carbocycles. The minimum atomic E-state index is -0.571. The van der Waals surface area contributed by atoms with E-state index in [0.717, 1.165) is 32.1 Å². The van der Waals surface area contributed by atoms with Gasteiger partial charge in [-0.2, -0.15) is 0 Å². The third-order valence-corrected chi connectivity index (χ3v) is 3.79. The summed E-state index contributed by atoms with van der Waals surface area (Å²) >= 11 is 0. The average molecular weight is 198 g/mol. The Morgan fingerprint density at radius 2 is 1.71 bits per heavy atom. The summed E-state index contributed by atoms with van der Waals surface area (Å²) in [6.07, 6.45) is 5.43. The highest BCUT2D eigenvalue weighted by Gasteiger charge is 2.65. The van der Waals surface area contributed by atoms with E-state index >= 15 is 0 Å². The average Bonchev–Trinajstić information content (AvgIpc) is 2.74. The van der Waals surface area contributed by atoms with Crippen LogP contribution in [0, 0.1) is 17.3 Å². The highest BCUT2D eigenvalue weighted by Crippen LogP contribution is 2.65. The summed E-state index contributed by atoms with van der Waals surface area (Å²) in [5.41, 5.74) is 0.157. The highest BCUT2D eigenvalue weighted by molar-refractivity contribution is 5.75. The Morgan fingerprint density at radius 1 is 1.21 bits per heavy atom. The molecule has 0 amide bonds. The lowest BCUT2D eigenvalue weighted by molar-refractivity contribution is -0.139. The van der Waals surface area contributed by atoms with Crippen LogP contribution in [0.15, 0.2) is 0 Å². The van der Waals surface area contributed by atoms with Crippen molar-refractivity contribution in [3.63, 3.8) is 0 Å². The normalized spacial score (nSPS) is 28.8. The molecule has 2 atom stereocenters. The number of hydrogen-bond donors (Lipinski definition) is 1. The lowest BCUT2D eigenvalue weighted by atomic mass is 9.90. The third-order valence-electron chi connectivity index (χ3n) is 3.79. The van der Waals surface area contributed by atoms with E-state index in [1.807, 2.05) is 0 Å². The Bertz CT molecular complexity index is 204. The Kier molecular flexibility index (Phi) is 3.57. The van der Waals surface area contributed by atoms with Gasteiger partial charge in [-0.3, -0.25) is 4.79 Å². The molecule has 1 N–H and O–H groups in total. The van der Waals surface area contributed by atoms with Crippen LogP contribution >= 0.6 is 0 Å². The number of carboxylic acids is 1. The molecule has 0 aliphatic heterocycles. The fourth-order valence-electron chi connectivity index (χ4n) is 3.38. The van der Waals surface area contributed by atoms with Crippen molar-refractivity contribution >= 4 is 5.97 Å². The first-order valence-electron chi connectivity index (χ1n) is 5.86. The lowest BCUT2D eigenvalue weighted by Crippen LogP contribution is -2.10. The van der Waals surface area contributed by atoms with Gasteiger partial charge in [-0.15, -0.1) is 0 Å². The van der Waals surface area contributed by atoms with Gasteiger partial charge in [-0.05, 0) is 24.2 Å². The fraction of sp³-hybridized carbons (Fsp3) is 0.917. The van der Waals surface area contributed by atoms with Gasteiger partial charge < -0.3 is 5.11 Å². The van der Waals surface area contributed by atoms with Gasteiger partial charge in [0.25, 0.3) is 0 Å². The lowest BCUT2D eigenvalue weighted by Gasteiger charge is -2.15. The van der Waals surface area contributed by atoms with E-state index in [9.17, 15) is 4.79 Å². The van der Waals surface area contributed by atoms with Crippen molar-refractivity contribution in [1.29, 1.82) is 0 Å². The molecule has 1 aliphatic rings. The molecule has 0 radical (unpaired) electrons. The summed E-state index contributed by atoms with van der Waals surface area (Å²) in [6.45, 7) is 6.43. The summed E-state index contributed by atoms with van der Waals surface area (Å²) in [4.78, 5) is 11.1. The fourth-order valence-corrected chi connectivity index (χ4v) is 3.38. The van der Waals surface area contributed by atoms with Gasteiger partial charge in [0.15, 0.2) is 0 Å². The largest absolute Gasteiger partial charge is 0.481 e. The molecule has 0 aromatic rings. The molecule has 0 bridgehead atoms. The van der Waals surface area contributed by atoms with Gasteiger partial charge in [0.05, 0.1) is 5.92 Å². The van der Waals surface area contributed by atoms with Crippen molar-refractivity contribution in [2.75, 3.05) is 0 Å². The van der Waals surface area contributed by atoms with Crippen LogP contribution in [0.4, 0.5) is 0 Å². The molecule has 2 unspecified atom stereocenters. The first kappa shape index (κ1) is 11.5. The van der Waals surface area contributed by atoms with E-state index in [1.165, 1.54) is 0 Å². The molecule has 0 aromatic carbocycles. The van der Waals surface area contributed by atoms with Crippen molar-refractivity contribution in [1.82, 2.24) is 0 Å². The van der Waals surface area contributed by atoms with Crippen molar-refractivity contribution in [2.45, 2.75) is 52.9 Å². The summed E-state index contributed by atoms with van der Waals surface area (Å²) in [5, 5.41) is 9.14. The number of carbonyl (C=O) groups is 1. The number of hydrogen-bond acceptors (Lipinski definition) is 1. The molecule has 0 aromatic heterocycles. The standard InChI is InChI=1S/C12H22O2/c1-4-7-12(8-5-2)9(6-3)10(12)11(13)14/h9-10H,4-8H2,1-3H3,(H,13,14). The Hall–Kier alpha value is -0.530. The molecule has 14 heavy (non-hydrogen) atoms. The van der Waals surface area contributed by atoms with E-state index in [-0.39, 0.29) is 11.3 Å². The third kappa shape index (κ3) is 1.67. The van der Waals surface area contributed by atoms with Gasteiger partial charge in [0.2, 0.25) is 0 Å². The second-order valence-corrected chi connectivity index (χ2v) is 4.56. The quantitative estimate of drug-likeness (QED) is 0.711. The molecule has 2 heteroatoms. The summed E-state index contributed by atoms with van der Waals surface area (Å²) in [7, 11) is 0. The van der Waals surface area contributed by atoms with Crippen LogP contribution in [-0.4, -0.2) is 11.1 Å². The van der Waals surface area contributed by atoms with E-state index < -0.39 is 5.97 Å². The maximum absolute atomic E-state index is 11.1. The van der Waals surface area contributed by atoms with Gasteiger partial charge in [0.1, 0.15) is 0 Å². The second-order valence-electron chi connectivity index (χ2n) is 4.56. The predicted octanol–water partition coefficient (Wildman–Crippen LogP) is 3.31.